The normalized spacial score (nSPS) is 9.20. The SMILES string of the molecule is Cl.Cl.NCCOCCOCCOCCN. The highest BCUT2D eigenvalue weighted by atomic mass is 35.5. The van der Waals surface area contributed by atoms with Crippen molar-refractivity contribution in [2.45, 2.75) is 0 Å². The van der Waals surface area contributed by atoms with Crippen molar-refractivity contribution < 1.29 is 14.2 Å². The predicted molar refractivity (Wildman–Crippen MR) is 65.1 cm³/mol. The maximum atomic E-state index is 5.23. The van der Waals surface area contributed by atoms with E-state index in [0.717, 1.165) is 0 Å². The van der Waals surface area contributed by atoms with Crippen LogP contribution >= 0.6 is 24.8 Å². The molecule has 0 aliphatic rings. The average Bonchev–Trinajstić information content (AvgIpc) is 2.16. The molecule has 0 spiro atoms. The van der Waals surface area contributed by atoms with E-state index in [1.165, 1.54) is 0 Å². The maximum Gasteiger partial charge on any atom is 0.0701 e. The maximum absolute atomic E-state index is 5.23. The van der Waals surface area contributed by atoms with Gasteiger partial charge in [0.25, 0.3) is 0 Å². The zero-order chi connectivity index (χ0) is 9.78. The summed E-state index contributed by atoms with van der Waals surface area (Å²) < 4.78 is 15.4. The third kappa shape index (κ3) is 20.5. The van der Waals surface area contributed by atoms with Crippen molar-refractivity contribution in [3.63, 3.8) is 0 Å². The Balaban J connectivity index is -0.000000720. The Labute approximate surface area is 104 Å². The van der Waals surface area contributed by atoms with Crippen LogP contribution in [0.3, 0.4) is 0 Å². The average molecular weight is 265 g/mol. The molecule has 0 saturated heterocycles. The van der Waals surface area contributed by atoms with Crippen molar-refractivity contribution in [1.82, 2.24) is 0 Å². The highest BCUT2D eigenvalue weighted by molar-refractivity contribution is 5.85. The van der Waals surface area contributed by atoms with Gasteiger partial charge in [0.2, 0.25) is 0 Å². The highest BCUT2D eigenvalue weighted by Gasteiger charge is 1.89. The molecule has 7 heteroatoms. The minimum atomic E-state index is 0. The van der Waals surface area contributed by atoms with Gasteiger partial charge < -0.3 is 25.7 Å². The Kier molecular flexibility index (Phi) is 27.5. The molecule has 0 atom stereocenters. The first kappa shape index (κ1) is 20.8. The van der Waals surface area contributed by atoms with Gasteiger partial charge in [-0.05, 0) is 0 Å². The van der Waals surface area contributed by atoms with Crippen molar-refractivity contribution >= 4 is 24.8 Å². The number of nitrogens with two attached hydrogens (primary N) is 2. The summed E-state index contributed by atoms with van der Waals surface area (Å²) >= 11 is 0. The summed E-state index contributed by atoms with van der Waals surface area (Å²) in [5, 5.41) is 0. The summed E-state index contributed by atoms with van der Waals surface area (Å²) in [4.78, 5) is 0. The van der Waals surface area contributed by atoms with Gasteiger partial charge in [0, 0.05) is 13.1 Å². The smallest absolute Gasteiger partial charge is 0.0701 e. The molecule has 0 heterocycles. The lowest BCUT2D eigenvalue weighted by Gasteiger charge is -2.05. The van der Waals surface area contributed by atoms with Crippen LogP contribution in [-0.4, -0.2) is 52.7 Å². The van der Waals surface area contributed by atoms with Crippen LogP contribution in [0.2, 0.25) is 0 Å². The molecule has 0 aromatic rings. The zero-order valence-electron chi connectivity index (χ0n) is 8.85. The number of halogens is 2. The van der Waals surface area contributed by atoms with Crippen LogP contribution in [0.15, 0.2) is 0 Å². The third-order valence-electron chi connectivity index (χ3n) is 1.27. The van der Waals surface area contributed by atoms with Gasteiger partial charge in [-0.2, -0.15) is 0 Å². The molecule has 0 unspecified atom stereocenters. The van der Waals surface area contributed by atoms with E-state index in [-0.39, 0.29) is 24.8 Å². The summed E-state index contributed by atoms with van der Waals surface area (Å²) in [6.45, 7) is 4.65. The van der Waals surface area contributed by atoms with E-state index in [2.05, 4.69) is 0 Å². The Morgan fingerprint density at radius 2 is 0.800 bits per heavy atom. The van der Waals surface area contributed by atoms with E-state index >= 15 is 0 Å². The third-order valence-corrected chi connectivity index (χ3v) is 1.27. The zero-order valence-corrected chi connectivity index (χ0v) is 10.5. The van der Waals surface area contributed by atoms with Crippen LogP contribution in [0.5, 0.6) is 0 Å². The second-order valence-corrected chi connectivity index (χ2v) is 2.41. The summed E-state index contributed by atoms with van der Waals surface area (Å²) in [7, 11) is 0. The fourth-order valence-corrected chi connectivity index (χ4v) is 0.709. The summed E-state index contributed by atoms with van der Waals surface area (Å²) in [5.74, 6) is 0. The molecular formula is C8H22Cl2N2O3. The van der Waals surface area contributed by atoms with Crippen LogP contribution in [0.4, 0.5) is 0 Å². The predicted octanol–water partition coefficient (Wildman–Crippen LogP) is -0.203. The molecule has 0 rings (SSSR count). The van der Waals surface area contributed by atoms with Gasteiger partial charge in [0.15, 0.2) is 0 Å². The Morgan fingerprint density at radius 1 is 0.533 bits per heavy atom. The first-order chi connectivity index (χ1) is 6.41. The summed E-state index contributed by atoms with van der Waals surface area (Å²) in [6, 6.07) is 0. The molecule has 0 amide bonds. The first-order valence-corrected chi connectivity index (χ1v) is 4.55. The van der Waals surface area contributed by atoms with Crippen LogP contribution in [0, 0.1) is 0 Å². The van der Waals surface area contributed by atoms with Crippen molar-refractivity contribution in [1.29, 1.82) is 0 Å². The van der Waals surface area contributed by atoms with Crippen LogP contribution in [0.25, 0.3) is 0 Å². The summed E-state index contributed by atoms with van der Waals surface area (Å²) in [5.41, 5.74) is 10.5. The van der Waals surface area contributed by atoms with E-state index in [9.17, 15) is 0 Å². The van der Waals surface area contributed by atoms with E-state index < -0.39 is 0 Å². The molecule has 0 aliphatic heterocycles. The van der Waals surface area contributed by atoms with Gasteiger partial charge in [0.05, 0.1) is 39.6 Å². The highest BCUT2D eigenvalue weighted by Crippen LogP contribution is 1.79. The molecular weight excluding hydrogens is 243 g/mol. The van der Waals surface area contributed by atoms with Gasteiger partial charge in [-0.25, -0.2) is 0 Å². The first-order valence-electron chi connectivity index (χ1n) is 4.55. The van der Waals surface area contributed by atoms with Crippen molar-refractivity contribution in [3.05, 3.63) is 0 Å². The fourth-order valence-electron chi connectivity index (χ4n) is 0.709. The molecule has 0 radical (unpaired) electrons. The van der Waals surface area contributed by atoms with E-state index in [0.29, 0.717) is 52.7 Å². The Bertz CT molecular complexity index is 92.0. The van der Waals surface area contributed by atoms with Gasteiger partial charge in [-0.3, -0.25) is 0 Å². The minimum absolute atomic E-state index is 0. The molecule has 0 fully saturated rings. The second-order valence-electron chi connectivity index (χ2n) is 2.41. The minimum Gasteiger partial charge on any atom is -0.378 e. The quantitative estimate of drug-likeness (QED) is 0.535. The largest absolute Gasteiger partial charge is 0.378 e. The second kappa shape index (κ2) is 19.9. The molecule has 4 N–H and O–H groups in total. The lowest BCUT2D eigenvalue weighted by molar-refractivity contribution is 0.0175. The van der Waals surface area contributed by atoms with E-state index in [1.54, 1.807) is 0 Å². The van der Waals surface area contributed by atoms with Crippen molar-refractivity contribution in [3.8, 4) is 0 Å². The number of hydrogen-bond donors (Lipinski definition) is 2. The molecule has 15 heavy (non-hydrogen) atoms. The van der Waals surface area contributed by atoms with Crippen LogP contribution in [0.1, 0.15) is 0 Å². The van der Waals surface area contributed by atoms with Gasteiger partial charge in [0.1, 0.15) is 0 Å². The standard InChI is InChI=1S/C8H20N2O3.2ClH/c9-1-3-11-5-7-13-8-6-12-4-2-10;;/h1-10H2;2*1H. The van der Waals surface area contributed by atoms with Gasteiger partial charge >= 0.3 is 0 Å². The fraction of sp³-hybridized carbons (Fsp3) is 1.00. The molecule has 0 aromatic heterocycles. The van der Waals surface area contributed by atoms with Crippen LogP contribution < -0.4 is 11.5 Å². The molecule has 0 saturated carbocycles. The topological polar surface area (TPSA) is 79.7 Å². The molecule has 96 valence electrons. The van der Waals surface area contributed by atoms with Gasteiger partial charge in [-0.1, -0.05) is 0 Å². The lowest BCUT2D eigenvalue weighted by Crippen LogP contribution is -2.15. The van der Waals surface area contributed by atoms with Crippen molar-refractivity contribution in [2.75, 3.05) is 52.7 Å². The van der Waals surface area contributed by atoms with E-state index in [4.69, 9.17) is 25.7 Å². The number of ether oxygens (including phenoxy) is 3. The molecule has 0 bridgehead atoms. The monoisotopic (exact) mass is 264 g/mol. The number of rotatable bonds is 10. The number of hydrogen-bond acceptors (Lipinski definition) is 5. The lowest BCUT2D eigenvalue weighted by atomic mass is 10.7. The van der Waals surface area contributed by atoms with Gasteiger partial charge in [-0.15, -0.1) is 24.8 Å². The van der Waals surface area contributed by atoms with Crippen LogP contribution in [-0.2, 0) is 14.2 Å². The molecule has 5 nitrogen and oxygen atoms in total. The van der Waals surface area contributed by atoms with E-state index in [1.807, 2.05) is 0 Å². The Morgan fingerprint density at radius 3 is 1.07 bits per heavy atom. The Hall–Kier alpha value is 0.380. The summed E-state index contributed by atoms with van der Waals surface area (Å²) in [6.07, 6.45) is 0. The molecule has 0 aromatic carbocycles. The van der Waals surface area contributed by atoms with Crippen molar-refractivity contribution in [2.24, 2.45) is 11.5 Å². The molecule has 0 aliphatic carbocycles.